The number of aryl methyl sites for hydroxylation is 1. The van der Waals surface area contributed by atoms with Gasteiger partial charge in [-0.1, -0.05) is 12.1 Å². The Bertz CT molecular complexity index is 722. The predicted molar refractivity (Wildman–Crippen MR) is 77.9 cm³/mol. The fourth-order valence-corrected chi connectivity index (χ4v) is 2.15. The minimum Gasteiger partial charge on any atom is -0.322 e. The molecule has 1 N–H and O–H groups in total. The molecule has 0 aliphatic heterocycles. The Kier molecular flexibility index (Phi) is 4.16. The molecule has 0 unspecified atom stereocenters. The summed E-state index contributed by atoms with van der Waals surface area (Å²) in [5.41, 5.74) is 1.69. The molecular formula is C15H10BrFN2O. The summed E-state index contributed by atoms with van der Waals surface area (Å²) in [5.74, 6) is -0.932. The minimum atomic E-state index is -0.609. The van der Waals surface area contributed by atoms with E-state index in [0.29, 0.717) is 15.7 Å². The van der Waals surface area contributed by atoms with Crippen molar-refractivity contribution in [1.29, 1.82) is 5.26 Å². The van der Waals surface area contributed by atoms with Gasteiger partial charge in [-0.15, -0.1) is 0 Å². The van der Waals surface area contributed by atoms with E-state index in [-0.39, 0.29) is 11.5 Å². The van der Waals surface area contributed by atoms with Gasteiger partial charge < -0.3 is 5.32 Å². The van der Waals surface area contributed by atoms with E-state index in [4.69, 9.17) is 5.26 Å². The third-order valence-electron chi connectivity index (χ3n) is 2.78. The summed E-state index contributed by atoms with van der Waals surface area (Å²) >= 11 is 3.36. The first-order valence-electron chi connectivity index (χ1n) is 5.79. The molecule has 0 spiro atoms. The number of amides is 1. The van der Waals surface area contributed by atoms with E-state index in [9.17, 15) is 9.18 Å². The first-order valence-corrected chi connectivity index (χ1v) is 6.58. The lowest BCUT2D eigenvalue weighted by Crippen LogP contribution is -2.13. The van der Waals surface area contributed by atoms with E-state index < -0.39 is 5.82 Å². The van der Waals surface area contributed by atoms with Crippen molar-refractivity contribution in [2.45, 2.75) is 6.92 Å². The number of carbonyl (C=O) groups is 1. The molecule has 0 heterocycles. The molecule has 2 rings (SSSR count). The zero-order valence-corrected chi connectivity index (χ0v) is 12.2. The Hall–Kier alpha value is -2.19. The van der Waals surface area contributed by atoms with Crippen molar-refractivity contribution in [1.82, 2.24) is 0 Å². The monoisotopic (exact) mass is 332 g/mol. The first-order chi connectivity index (χ1) is 9.52. The molecule has 20 heavy (non-hydrogen) atoms. The SMILES string of the molecule is Cc1cccc(C(=O)Nc2ccc(F)c(C#N)c2)c1Br. The van der Waals surface area contributed by atoms with Crippen molar-refractivity contribution in [3.05, 3.63) is 63.4 Å². The highest BCUT2D eigenvalue weighted by atomic mass is 79.9. The van der Waals surface area contributed by atoms with Crippen molar-refractivity contribution < 1.29 is 9.18 Å². The normalized spacial score (nSPS) is 9.90. The van der Waals surface area contributed by atoms with Crippen LogP contribution in [-0.4, -0.2) is 5.91 Å². The Morgan fingerprint density at radius 2 is 2.10 bits per heavy atom. The van der Waals surface area contributed by atoms with Crippen LogP contribution in [0.4, 0.5) is 10.1 Å². The predicted octanol–water partition coefficient (Wildman–Crippen LogP) is 4.02. The van der Waals surface area contributed by atoms with E-state index in [1.807, 2.05) is 13.0 Å². The summed E-state index contributed by atoms with van der Waals surface area (Å²) in [6.07, 6.45) is 0. The number of nitrogens with one attached hydrogen (secondary N) is 1. The molecule has 0 radical (unpaired) electrons. The van der Waals surface area contributed by atoms with E-state index in [1.165, 1.54) is 12.1 Å². The third-order valence-corrected chi connectivity index (χ3v) is 3.83. The molecule has 5 heteroatoms. The minimum absolute atomic E-state index is 0.105. The molecule has 3 nitrogen and oxygen atoms in total. The maximum atomic E-state index is 13.2. The molecule has 0 saturated heterocycles. The van der Waals surface area contributed by atoms with E-state index >= 15 is 0 Å². The van der Waals surface area contributed by atoms with Gasteiger partial charge in [0.05, 0.1) is 11.1 Å². The lowest BCUT2D eigenvalue weighted by molar-refractivity contribution is 0.102. The van der Waals surface area contributed by atoms with E-state index in [1.54, 1.807) is 18.2 Å². The van der Waals surface area contributed by atoms with Gasteiger partial charge in [0.1, 0.15) is 11.9 Å². The topological polar surface area (TPSA) is 52.9 Å². The highest BCUT2D eigenvalue weighted by Gasteiger charge is 2.12. The molecule has 1 amide bonds. The molecule has 100 valence electrons. The van der Waals surface area contributed by atoms with Crippen molar-refractivity contribution in [2.24, 2.45) is 0 Å². The Morgan fingerprint density at radius 3 is 2.80 bits per heavy atom. The largest absolute Gasteiger partial charge is 0.322 e. The van der Waals surface area contributed by atoms with Gasteiger partial charge in [0.25, 0.3) is 5.91 Å². The second kappa shape index (κ2) is 5.85. The fourth-order valence-electron chi connectivity index (χ4n) is 1.71. The second-order valence-electron chi connectivity index (χ2n) is 4.20. The molecule has 0 aliphatic carbocycles. The number of nitriles is 1. The Labute approximate surface area is 124 Å². The first kappa shape index (κ1) is 14.2. The van der Waals surface area contributed by atoms with Crippen LogP contribution in [0.25, 0.3) is 0 Å². The lowest BCUT2D eigenvalue weighted by atomic mass is 10.1. The molecule has 0 saturated carbocycles. The number of rotatable bonds is 2. The lowest BCUT2D eigenvalue weighted by Gasteiger charge is -2.09. The average Bonchev–Trinajstić information content (AvgIpc) is 2.43. The van der Waals surface area contributed by atoms with E-state index in [0.717, 1.165) is 11.6 Å². The van der Waals surface area contributed by atoms with Gasteiger partial charge in [0.15, 0.2) is 0 Å². The van der Waals surface area contributed by atoms with Gasteiger partial charge in [0, 0.05) is 10.2 Å². The van der Waals surface area contributed by atoms with Crippen LogP contribution in [0.5, 0.6) is 0 Å². The van der Waals surface area contributed by atoms with Gasteiger partial charge in [-0.2, -0.15) is 5.26 Å². The molecule has 2 aromatic rings. The number of anilines is 1. The maximum absolute atomic E-state index is 13.2. The highest BCUT2D eigenvalue weighted by molar-refractivity contribution is 9.10. The number of hydrogen-bond donors (Lipinski definition) is 1. The quantitative estimate of drug-likeness (QED) is 0.902. The van der Waals surface area contributed by atoms with Crippen molar-refractivity contribution in [3.63, 3.8) is 0 Å². The van der Waals surface area contributed by atoms with Crippen molar-refractivity contribution in [3.8, 4) is 6.07 Å². The molecule has 0 aliphatic rings. The zero-order chi connectivity index (χ0) is 14.7. The summed E-state index contributed by atoms with van der Waals surface area (Å²) in [5, 5.41) is 11.4. The van der Waals surface area contributed by atoms with Crippen LogP contribution >= 0.6 is 15.9 Å². The number of nitrogens with zero attached hydrogens (tertiary/aromatic N) is 1. The standard InChI is InChI=1S/C15H10BrFN2O/c1-9-3-2-4-12(14(9)16)15(20)19-11-5-6-13(17)10(7-11)8-18/h2-7H,1H3,(H,19,20). The van der Waals surface area contributed by atoms with Gasteiger partial charge in [0.2, 0.25) is 0 Å². The molecule has 0 aromatic heterocycles. The number of carbonyl (C=O) groups excluding carboxylic acids is 1. The van der Waals surface area contributed by atoms with Gasteiger partial charge in [-0.3, -0.25) is 4.79 Å². The van der Waals surface area contributed by atoms with Crippen LogP contribution in [0, 0.1) is 24.1 Å². The van der Waals surface area contributed by atoms with Gasteiger partial charge in [-0.05, 0) is 52.7 Å². The van der Waals surface area contributed by atoms with Crippen LogP contribution < -0.4 is 5.32 Å². The van der Waals surface area contributed by atoms with Crippen LogP contribution in [-0.2, 0) is 0 Å². The highest BCUT2D eigenvalue weighted by Crippen LogP contribution is 2.22. The summed E-state index contributed by atoms with van der Waals surface area (Å²) in [6.45, 7) is 1.88. The Balaban J connectivity index is 2.29. The molecule has 0 bridgehead atoms. The van der Waals surface area contributed by atoms with Crippen LogP contribution in [0.2, 0.25) is 0 Å². The third kappa shape index (κ3) is 2.86. The summed E-state index contributed by atoms with van der Waals surface area (Å²) in [6, 6.07) is 10.9. The maximum Gasteiger partial charge on any atom is 0.256 e. The molecular weight excluding hydrogens is 323 g/mol. The smallest absolute Gasteiger partial charge is 0.256 e. The van der Waals surface area contributed by atoms with Crippen LogP contribution in [0.15, 0.2) is 40.9 Å². The molecule has 0 atom stereocenters. The zero-order valence-electron chi connectivity index (χ0n) is 10.6. The van der Waals surface area contributed by atoms with Gasteiger partial charge >= 0.3 is 0 Å². The summed E-state index contributed by atoms with van der Waals surface area (Å²) in [7, 11) is 0. The summed E-state index contributed by atoms with van der Waals surface area (Å²) in [4.78, 5) is 12.2. The Morgan fingerprint density at radius 1 is 1.35 bits per heavy atom. The van der Waals surface area contributed by atoms with Crippen molar-refractivity contribution >= 4 is 27.5 Å². The fraction of sp³-hybridized carbons (Fsp3) is 0.0667. The van der Waals surface area contributed by atoms with Crippen LogP contribution in [0.3, 0.4) is 0 Å². The van der Waals surface area contributed by atoms with Crippen molar-refractivity contribution in [2.75, 3.05) is 5.32 Å². The molecule has 0 fully saturated rings. The summed E-state index contributed by atoms with van der Waals surface area (Å²) < 4.78 is 13.9. The van der Waals surface area contributed by atoms with Gasteiger partial charge in [-0.25, -0.2) is 4.39 Å². The number of benzene rings is 2. The second-order valence-corrected chi connectivity index (χ2v) is 4.99. The number of halogens is 2. The average molecular weight is 333 g/mol. The van der Waals surface area contributed by atoms with E-state index in [2.05, 4.69) is 21.2 Å². The molecule has 2 aromatic carbocycles. The van der Waals surface area contributed by atoms with Crippen LogP contribution in [0.1, 0.15) is 21.5 Å². The number of hydrogen-bond acceptors (Lipinski definition) is 2.